The van der Waals surface area contributed by atoms with Crippen molar-refractivity contribution in [3.8, 4) is 5.75 Å². The summed E-state index contributed by atoms with van der Waals surface area (Å²) in [7, 11) is 0. The molecular formula is C15H15ClO. The van der Waals surface area contributed by atoms with Crippen LogP contribution in [0.4, 0.5) is 0 Å². The average molecular weight is 247 g/mol. The Labute approximate surface area is 107 Å². The Morgan fingerprint density at radius 2 is 1.76 bits per heavy atom. The lowest BCUT2D eigenvalue weighted by Crippen LogP contribution is -1.95. The van der Waals surface area contributed by atoms with Crippen LogP contribution in [0.15, 0.2) is 48.5 Å². The Morgan fingerprint density at radius 1 is 1.00 bits per heavy atom. The standard InChI is InChI=1S/C15H15ClO/c1-2-12-6-8-15(9-7-12)17-11-13-4-3-5-14(16)10-13/h3-10H,2,11H2,1H3. The smallest absolute Gasteiger partial charge is 0.119 e. The van der Waals surface area contributed by atoms with E-state index in [1.165, 1.54) is 5.56 Å². The number of hydrogen-bond acceptors (Lipinski definition) is 1. The molecule has 0 fully saturated rings. The number of ether oxygens (including phenoxy) is 1. The van der Waals surface area contributed by atoms with E-state index in [0.717, 1.165) is 22.8 Å². The Morgan fingerprint density at radius 3 is 2.41 bits per heavy atom. The SMILES string of the molecule is CCc1ccc(OCc2cccc(Cl)c2)cc1. The molecule has 0 saturated carbocycles. The van der Waals surface area contributed by atoms with Crippen molar-refractivity contribution in [2.24, 2.45) is 0 Å². The maximum absolute atomic E-state index is 5.91. The van der Waals surface area contributed by atoms with Gasteiger partial charge in [0.2, 0.25) is 0 Å². The molecule has 2 heteroatoms. The summed E-state index contributed by atoms with van der Waals surface area (Å²) < 4.78 is 5.69. The van der Waals surface area contributed by atoms with Gasteiger partial charge in [-0.3, -0.25) is 0 Å². The molecule has 2 aromatic carbocycles. The molecule has 0 N–H and O–H groups in total. The first-order valence-electron chi connectivity index (χ1n) is 5.74. The normalized spacial score (nSPS) is 10.2. The van der Waals surface area contributed by atoms with Crippen molar-refractivity contribution < 1.29 is 4.74 Å². The van der Waals surface area contributed by atoms with Gasteiger partial charge in [-0.05, 0) is 41.8 Å². The monoisotopic (exact) mass is 246 g/mol. The Balaban J connectivity index is 1.97. The summed E-state index contributed by atoms with van der Waals surface area (Å²) in [4.78, 5) is 0. The van der Waals surface area contributed by atoms with Crippen LogP contribution < -0.4 is 4.74 Å². The number of rotatable bonds is 4. The minimum absolute atomic E-state index is 0.548. The zero-order chi connectivity index (χ0) is 12.1. The molecule has 0 amide bonds. The highest BCUT2D eigenvalue weighted by Crippen LogP contribution is 2.16. The summed E-state index contributed by atoms with van der Waals surface area (Å²) in [5, 5.41) is 0.743. The van der Waals surface area contributed by atoms with Crippen LogP contribution >= 0.6 is 11.6 Å². The third-order valence-electron chi connectivity index (χ3n) is 2.63. The van der Waals surface area contributed by atoms with Crippen LogP contribution in [0, 0.1) is 0 Å². The van der Waals surface area contributed by atoms with Crippen molar-refractivity contribution in [1.29, 1.82) is 0 Å². The lowest BCUT2D eigenvalue weighted by molar-refractivity contribution is 0.306. The zero-order valence-corrected chi connectivity index (χ0v) is 10.6. The van der Waals surface area contributed by atoms with Crippen LogP contribution in [0.25, 0.3) is 0 Å². The summed E-state index contributed by atoms with van der Waals surface area (Å²) in [6, 6.07) is 15.9. The van der Waals surface area contributed by atoms with Crippen LogP contribution in [-0.4, -0.2) is 0 Å². The van der Waals surface area contributed by atoms with Crippen molar-refractivity contribution in [3.05, 3.63) is 64.7 Å². The van der Waals surface area contributed by atoms with Crippen LogP contribution in [0.5, 0.6) is 5.75 Å². The van der Waals surface area contributed by atoms with Crippen LogP contribution in [-0.2, 0) is 13.0 Å². The van der Waals surface area contributed by atoms with E-state index in [9.17, 15) is 0 Å². The second-order valence-electron chi connectivity index (χ2n) is 3.92. The largest absolute Gasteiger partial charge is 0.489 e. The van der Waals surface area contributed by atoms with E-state index in [1.807, 2.05) is 36.4 Å². The van der Waals surface area contributed by atoms with Crippen molar-refractivity contribution in [2.45, 2.75) is 20.0 Å². The minimum Gasteiger partial charge on any atom is -0.489 e. The first-order chi connectivity index (χ1) is 8.28. The van der Waals surface area contributed by atoms with E-state index in [1.54, 1.807) is 0 Å². The van der Waals surface area contributed by atoms with Gasteiger partial charge >= 0.3 is 0 Å². The number of aryl methyl sites for hydroxylation is 1. The molecule has 0 bridgehead atoms. The molecule has 0 atom stereocenters. The van der Waals surface area contributed by atoms with Gasteiger partial charge in [0.25, 0.3) is 0 Å². The van der Waals surface area contributed by atoms with Crippen molar-refractivity contribution in [2.75, 3.05) is 0 Å². The molecule has 0 heterocycles. The molecular weight excluding hydrogens is 232 g/mol. The molecule has 1 nitrogen and oxygen atoms in total. The summed E-state index contributed by atoms with van der Waals surface area (Å²) in [6.45, 7) is 2.69. The second-order valence-corrected chi connectivity index (χ2v) is 4.35. The Bertz CT molecular complexity index is 477. The van der Waals surface area contributed by atoms with Crippen molar-refractivity contribution >= 4 is 11.6 Å². The maximum Gasteiger partial charge on any atom is 0.119 e. The average Bonchev–Trinajstić information content (AvgIpc) is 2.37. The van der Waals surface area contributed by atoms with Gasteiger partial charge in [0.1, 0.15) is 12.4 Å². The molecule has 0 spiro atoms. The molecule has 0 unspecified atom stereocenters. The Hall–Kier alpha value is -1.47. The van der Waals surface area contributed by atoms with Gasteiger partial charge in [-0.15, -0.1) is 0 Å². The van der Waals surface area contributed by atoms with Crippen LogP contribution in [0.2, 0.25) is 5.02 Å². The quantitative estimate of drug-likeness (QED) is 0.773. The highest BCUT2D eigenvalue weighted by molar-refractivity contribution is 6.30. The second kappa shape index (κ2) is 5.74. The number of benzene rings is 2. The van der Waals surface area contributed by atoms with Crippen LogP contribution in [0.3, 0.4) is 0 Å². The molecule has 0 aromatic heterocycles. The zero-order valence-electron chi connectivity index (χ0n) is 9.82. The summed E-state index contributed by atoms with van der Waals surface area (Å²) in [6.07, 6.45) is 1.05. The van der Waals surface area contributed by atoms with E-state index >= 15 is 0 Å². The highest BCUT2D eigenvalue weighted by Gasteiger charge is 1.97. The van der Waals surface area contributed by atoms with Crippen molar-refractivity contribution in [1.82, 2.24) is 0 Å². The van der Waals surface area contributed by atoms with E-state index < -0.39 is 0 Å². The first kappa shape index (κ1) is 12.0. The molecule has 2 rings (SSSR count). The predicted octanol–water partition coefficient (Wildman–Crippen LogP) is 4.48. The fourth-order valence-corrected chi connectivity index (χ4v) is 1.83. The first-order valence-corrected chi connectivity index (χ1v) is 6.12. The molecule has 0 radical (unpaired) electrons. The van der Waals surface area contributed by atoms with E-state index in [4.69, 9.17) is 16.3 Å². The minimum atomic E-state index is 0.548. The molecule has 2 aromatic rings. The van der Waals surface area contributed by atoms with Gasteiger partial charge in [-0.25, -0.2) is 0 Å². The summed E-state index contributed by atoms with van der Waals surface area (Å²) in [5.41, 5.74) is 2.40. The summed E-state index contributed by atoms with van der Waals surface area (Å²) >= 11 is 5.91. The maximum atomic E-state index is 5.91. The third kappa shape index (κ3) is 3.50. The highest BCUT2D eigenvalue weighted by atomic mass is 35.5. The fraction of sp³-hybridized carbons (Fsp3) is 0.200. The topological polar surface area (TPSA) is 9.23 Å². The molecule has 17 heavy (non-hydrogen) atoms. The van der Waals surface area contributed by atoms with Crippen LogP contribution in [0.1, 0.15) is 18.1 Å². The molecule has 88 valence electrons. The fourth-order valence-electron chi connectivity index (χ4n) is 1.61. The Kier molecular flexibility index (Phi) is 4.05. The van der Waals surface area contributed by atoms with Gasteiger partial charge in [0.15, 0.2) is 0 Å². The number of hydrogen-bond donors (Lipinski definition) is 0. The van der Waals surface area contributed by atoms with E-state index in [0.29, 0.717) is 6.61 Å². The van der Waals surface area contributed by atoms with Gasteiger partial charge < -0.3 is 4.74 Å². The number of halogens is 1. The van der Waals surface area contributed by atoms with E-state index in [2.05, 4.69) is 19.1 Å². The molecule has 0 aliphatic rings. The summed E-state index contributed by atoms with van der Waals surface area (Å²) in [5.74, 6) is 0.891. The predicted molar refractivity (Wildman–Crippen MR) is 71.6 cm³/mol. The van der Waals surface area contributed by atoms with Gasteiger partial charge in [-0.1, -0.05) is 42.8 Å². The lowest BCUT2D eigenvalue weighted by Gasteiger charge is -2.07. The third-order valence-corrected chi connectivity index (χ3v) is 2.86. The van der Waals surface area contributed by atoms with Gasteiger partial charge in [0.05, 0.1) is 0 Å². The molecule has 0 aliphatic heterocycles. The van der Waals surface area contributed by atoms with E-state index in [-0.39, 0.29) is 0 Å². The van der Waals surface area contributed by atoms with Crippen molar-refractivity contribution in [3.63, 3.8) is 0 Å². The van der Waals surface area contributed by atoms with Gasteiger partial charge in [0, 0.05) is 5.02 Å². The molecule has 0 saturated heterocycles. The van der Waals surface area contributed by atoms with Gasteiger partial charge in [-0.2, -0.15) is 0 Å². The molecule has 0 aliphatic carbocycles. The lowest BCUT2D eigenvalue weighted by atomic mass is 10.2.